The van der Waals surface area contributed by atoms with Crippen LogP contribution in [-0.4, -0.2) is 41.5 Å². The van der Waals surface area contributed by atoms with Crippen molar-refractivity contribution in [3.63, 3.8) is 0 Å². The summed E-state index contributed by atoms with van der Waals surface area (Å²) in [7, 11) is -3.57. The molecule has 0 amide bonds. The Morgan fingerprint density at radius 2 is 2.11 bits per heavy atom. The SMILES string of the molecule is CCCN(C(C)(CC)CN)S(=O)(=O)c1cn[nH]c1C. The van der Waals surface area contributed by atoms with Crippen molar-refractivity contribution >= 4 is 10.0 Å². The zero-order chi connectivity index (χ0) is 14.7. The number of hydrogen-bond donors (Lipinski definition) is 2. The summed E-state index contributed by atoms with van der Waals surface area (Å²) in [5, 5.41) is 6.47. The van der Waals surface area contributed by atoms with Gasteiger partial charge in [-0.25, -0.2) is 8.42 Å². The maximum atomic E-state index is 12.8. The zero-order valence-electron chi connectivity index (χ0n) is 12.1. The smallest absolute Gasteiger partial charge is 0.246 e. The van der Waals surface area contributed by atoms with E-state index in [1.54, 1.807) is 6.92 Å². The van der Waals surface area contributed by atoms with Crippen molar-refractivity contribution in [3.8, 4) is 0 Å². The lowest BCUT2D eigenvalue weighted by Crippen LogP contribution is -2.54. The Morgan fingerprint density at radius 1 is 1.47 bits per heavy atom. The van der Waals surface area contributed by atoms with Crippen molar-refractivity contribution in [2.75, 3.05) is 13.1 Å². The Hall–Kier alpha value is -0.920. The molecule has 19 heavy (non-hydrogen) atoms. The van der Waals surface area contributed by atoms with Crippen LogP contribution < -0.4 is 5.73 Å². The van der Waals surface area contributed by atoms with E-state index >= 15 is 0 Å². The number of H-pyrrole nitrogens is 1. The Balaban J connectivity index is 3.30. The second-order valence-corrected chi connectivity index (χ2v) is 6.82. The third-order valence-electron chi connectivity index (χ3n) is 3.58. The quantitative estimate of drug-likeness (QED) is 0.789. The van der Waals surface area contributed by atoms with Gasteiger partial charge in [-0.15, -0.1) is 0 Å². The second-order valence-electron chi connectivity index (χ2n) is 4.99. The number of hydrogen-bond acceptors (Lipinski definition) is 4. The molecule has 0 saturated carbocycles. The van der Waals surface area contributed by atoms with Crippen molar-refractivity contribution in [2.24, 2.45) is 5.73 Å². The summed E-state index contributed by atoms with van der Waals surface area (Å²) in [6.07, 6.45) is 2.77. The Kier molecular flexibility index (Phi) is 5.11. The van der Waals surface area contributed by atoms with Crippen LogP contribution in [0.2, 0.25) is 0 Å². The molecule has 3 N–H and O–H groups in total. The second kappa shape index (κ2) is 6.02. The fourth-order valence-corrected chi connectivity index (χ4v) is 4.09. The third kappa shape index (κ3) is 2.98. The van der Waals surface area contributed by atoms with Crippen LogP contribution in [-0.2, 0) is 10.0 Å². The van der Waals surface area contributed by atoms with Crippen LogP contribution in [0, 0.1) is 6.92 Å². The van der Waals surface area contributed by atoms with Crippen LogP contribution in [0.3, 0.4) is 0 Å². The lowest BCUT2D eigenvalue weighted by molar-refractivity contribution is 0.206. The van der Waals surface area contributed by atoms with E-state index in [1.165, 1.54) is 10.5 Å². The molecular formula is C12H24N4O2S. The summed E-state index contributed by atoms with van der Waals surface area (Å²) in [5.41, 5.74) is 5.79. The molecule has 1 heterocycles. The lowest BCUT2D eigenvalue weighted by atomic mass is 9.99. The number of sulfonamides is 1. The van der Waals surface area contributed by atoms with Crippen LogP contribution in [0.1, 0.15) is 39.3 Å². The molecule has 1 aromatic heterocycles. The fourth-order valence-electron chi connectivity index (χ4n) is 2.02. The number of aromatic nitrogens is 2. The van der Waals surface area contributed by atoms with Crippen LogP contribution in [0.4, 0.5) is 0 Å². The zero-order valence-corrected chi connectivity index (χ0v) is 12.9. The molecule has 1 rings (SSSR count). The van der Waals surface area contributed by atoms with E-state index in [-0.39, 0.29) is 4.90 Å². The largest absolute Gasteiger partial charge is 0.329 e. The first-order chi connectivity index (χ1) is 8.83. The highest BCUT2D eigenvalue weighted by Crippen LogP contribution is 2.27. The molecule has 110 valence electrons. The summed E-state index contributed by atoms with van der Waals surface area (Å²) in [4.78, 5) is 0.231. The number of nitrogens with one attached hydrogen (secondary N) is 1. The molecule has 0 fully saturated rings. The molecule has 0 radical (unpaired) electrons. The summed E-state index contributed by atoms with van der Waals surface area (Å²) < 4.78 is 27.1. The number of nitrogens with zero attached hydrogens (tertiary/aromatic N) is 2. The fraction of sp³-hybridized carbons (Fsp3) is 0.750. The summed E-state index contributed by atoms with van der Waals surface area (Å²) in [6.45, 7) is 8.24. The highest BCUT2D eigenvalue weighted by atomic mass is 32.2. The number of nitrogens with two attached hydrogens (primary N) is 1. The van der Waals surface area contributed by atoms with Gasteiger partial charge in [-0.2, -0.15) is 9.40 Å². The predicted octanol–water partition coefficient (Wildman–Crippen LogP) is 1.25. The van der Waals surface area contributed by atoms with Crippen LogP contribution >= 0.6 is 0 Å². The average molecular weight is 288 g/mol. The molecule has 0 aliphatic carbocycles. The molecule has 0 bridgehead atoms. The lowest BCUT2D eigenvalue weighted by Gasteiger charge is -2.38. The monoisotopic (exact) mass is 288 g/mol. The maximum Gasteiger partial charge on any atom is 0.246 e. The van der Waals surface area contributed by atoms with E-state index in [0.717, 1.165) is 6.42 Å². The Morgan fingerprint density at radius 3 is 2.47 bits per heavy atom. The molecule has 0 saturated heterocycles. The molecule has 7 heteroatoms. The first-order valence-electron chi connectivity index (χ1n) is 6.56. The minimum atomic E-state index is -3.57. The van der Waals surface area contributed by atoms with Crippen LogP contribution in [0.25, 0.3) is 0 Å². The Labute approximate surface area is 115 Å². The highest BCUT2D eigenvalue weighted by molar-refractivity contribution is 7.89. The topological polar surface area (TPSA) is 92.1 Å². The van der Waals surface area contributed by atoms with Gasteiger partial charge in [-0.3, -0.25) is 5.10 Å². The van der Waals surface area contributed by atoms with E-state index in [0.29, 0.717) is 25.2 Å². The number of rotatable bonds is 7. The van der Waals surface area contributed by atoms with E-state index in [9.17, 15) is 8.42 Å². The van der Waals surface area contributed by atoms with Gasteiger partial charge in [-0.1, -0.05) is 13.8 Å². The molecule has 6 nitrogen and oxygen atoms in total. The van der Waals surface area contributed by atoms with Gasteiger partial charge in [0.1, 0.15) is 4.90 Å². The van der Waals surface area contributed by atoms with Crippen molar-refractivity contribution in [1.82, 2.24) is 14.5 Å². The number of aromatic amines is 1. The van der Waals surface area contributed by atoms with E-state index in [2.05, 4.69) is 10.2 Å². The minimum absolute atomic E-state index is 0.231. The third-order valence-corrected chi connectivity index (χ3v) is 5.75. The molecule has 0 aliphatic heterocycles. The molecule has 0 aliphatic rings. The van der Waals surface area contributed by atoms with Gasteiger partial charge in [0.15, 0.2) is 0 Å². The molecule has 0 spiro atoms. The van der Waals surface area contributed by atoms with Crippen LogP contribution in [0.15, 0.2) is 11.1 Å². The van der Waals surface area contributed by atoms with Gasteiger partial charge in [0.05, 0.1) is 11.9 Å². The van der Waals surface area contributed by atoms with Crippen molar-refractivity contribution < 1.29 is 8.42 Å². The van der Waals surface area contributed by atoms with Gasteiger partial charge in [0.25, 0.3) is 0 Å². The predicted molar refractivity (Wildman–Crippen MR) is 75.3 cm³/mol. The van der Waals surface area contributed by atoms with E-state index < -0.39 is 15.6 Å². The summed E-state index contributed by atoms with van der Waals surface area (Å²) >= 11 is 0. The van der Waals surface area contributed by atoms with E-state index in [4.69, 9.17) is 5.73 Å². The average Bonchev–Trinajstić information content (AvgIpc) is 2.82. The van der Waals surface area contributed by atoms with E-state index in [1.807, 2.05) is 20.8 Å². The molecule has 1 unspecified atom stereocenters. The van der Waals surface area contributed by atoms with Gasteiger partial charge in [0, 0.05) is 18.6 Å². The molecule has 1 atom stereocenters. The molecular weight excluding hydrogens is 264 g/mol. The first-order valence-corrected chi connectivity index (χ1v) is 8.00. The van der Waals surface area contributed by atoms with Crippen molar-refractivity contribution in [1.29, 1.82) is 0 Å². The van der Waals surface area contributed by atoms with Crippen LogP contribution in [0.5, 0.6) is 0 Å². The normalized spacial score (nSPS) is 15.7. The maximum absolute atomic E-state index is 12.8. The van der Waals surface area contributed by atoms with Crippen molar-refractivity contribution in [2.45, 2.75) is 51.0 Å². The molecule has 0 aromatic carbocycles. The van der Waals surface area contributed by atoms with Gasteiger partial charge in [-0.05, 0) is 26.7 Å². The molecule has 1 aromatic rings. The van der Waals surface area contributed by atoms with Gasteiger partial charge < -0.3 is 5.73 Å². The number of aryl methyl sites for hydroxylation is 1. The standard InChI is InChI=1S/C12H24N4O2S/c1-5-7-16(12(4,6-2)9-13)19(17,18)11-8-14-15-10(11)3/h8H,5-7,9,13H2,1-4H3,(H,14,15). The van der Waals surface area contributed by atoms with Gasteiger partial charge >= 0.3 is 0 Å². The summed E-state index contributed by atoms with van der Waals surface area (Å²) in [5.74, 6) is 0. The Bertz CT molecular complexity index is 506. The summed E-state index contributed by atoms with van der Waals surface area (Å²) in [6, 6.07) is 0. The van der Waals surface area contributed by atoms with Gasteiger partial charge in [0.2, 0.25) is 10.0 Å². The first kappa shape index (κ1) is 16.1. The van der Waals surface area contributed by atoms with Crippen molar-refractivity contribution in [3.05, 3.63) is 11.9 Å². The minimum Gasteiger partial charge on any atom is -0.329 e. The highest BCUT2D eigenvalue weighted by Gasteiger charge is 2.39.